The Labute approximate surface area is 78.7 Å². The molecule has 2 aliphatic heterocycles. The highest BCUT2D eigenvalue weighted by atomic mass is 35.5. The minimum atomic E-state index is -0.168. The highest BCUT2D eigenvalue weighted by Gasteiger charge is 2.41. The summed E-state index contributed by atoms with van der Waals surface area (Å²) in [6.45, 7) is 1.87. The minimum Gasteiger partial charge on any atom is -0.354 e. The largest absolute Gasteiger partial charge is 0.354 e. The molecule has 1 unspecified atom stereocenters. The zero-order chi connectivity index (χ0) is 7.73. The lowest BCUT2D eigenvalue weighted by atomic mass is 9.88. The number of nitrogens with one attached hydrogen (secondary N) is 2. The molecular weight excluding hydrogens is 176 g/mol. The molecule has 0 aromatic heterocycles. The van der Waals surface area contributed by atoms with E-state index in [4.69, 9.17) is 0 Å². The van der Waals surface area contributed by atoms with Gasteiger partial charge in [0.25, 0.3) is 0 Å². The Morgan fingerprint density at radius 3 is 2.42 bits per heavy atom. The van der Waals surface area contributed by atoms with E-state index < -0.39 is 0 Å². The zero-order valence-electron chi connectivity index (χ0n) is 7.06. The first-order valence-electron chi connectivity index (χ1n) is 4.37. The summed E-state index contributed by atoms with van der Waals surface area (Å²) in [7, 11) is 0. The van der Waals surface area contributed by atoms with Crippen LogP contribution < -0.4 is 10.6 Å². The summed E-state index contributed by atoms with van der Waals surface area (Å²) < 4.78 is 0. The van der Waals surface area contributed by atoms with Crippen LogP contribution in [0.25, 0.3) is 0 Å². The highest BCUT2D eigenvalue weighted by molar-refractivity contribution is 5.87. The topological polar surface area (TPSA) is 41.1 Å². The molecule has 0 bridgehead atoms. The Hall–Kier alpha value is -0.280. The average molecular weight is 191 g/mol. The summed E-state index contributed by atoms with van der Waals surface area (Å²) >= 11 is 0. The molecule has 1 amide bonds. The van der Waals surface area contributed by atoms with Crippen LogP contribution in [0.3, 0.4) is 0 Å². The maximum atomic E-state index is 11.4. The second kappa shape index (κ2) is 3.62. The molecular formula is C8H15ClN2O. The van der Waals surface area contributed by atoms with E-state index in [0.29, 0.717) is 0 Å². The molecule has 2 saturated heterocycles. The molecule has 0 aliphatic carbocycles. The number of piperidine rings is 1. The molecule has 70 valence electrons. The van der Waals surface area contributed by atoms with E-state index in [9.17, 15) is 4.79 Å². The molecule has 0 saturated carbocycles. The second-order valence-corrected chi connectivity index (χ2v) is 3.47. The van der Waals surface area contributed by atoms with E-state index >= 15 is 0 Å². The van der Waals surface area contributed by atoms with Crippen LogP contribution in [-0.2, 0) is 4.79 Å². The van der Waals surface area contributed by atoms with E-state index in [1.54, 1.807) is 0 Å². The van der Waals surface area contributed by atoms with Gasteiger partial charge in [0.2, 0.25) is 5.91 Å². The van der Waals surface area contributed by atoms with Crippen LogP contribution in [0.2, 0.25) is 0 Å². The quantitative estimate of drug-likeness (QED) is 0.582. The summed E-state index contributed by atoms with van der Waals surface area (Å²) in [6.07, 6.45) is 4.32. The lowest BCUT2D eigenvalue weighted by Gasteiger charge is -2.32. The maximum Gasteiger partial charge on any atom is 0.240 e. The number of halogens is 1. The van der Waals surface area contributed by atoms with Gasteiger partial charge in [-0.25, -0.2) is 0 Å². The SMILES string of the molecule is Cl.O=C1NCCCC12CCCN2. The Balaban J connectivity index is 0.000000720. The number of carbonyl (C=O) groups excluding carboxylic acids is 1. The van der Waals surface area contributed by atoms with Gasteiger partial charge in [0.05, 0.1) is 5.54 Å². The molecule has 0 aromatic rings. The lowest BCUT2D eigenvalue weighted by molar-refractivity contribution is -0.128. The van der Waals surface area contributed by atoms with Crippen LogP contribution in [0.5, 0.6) is 0 Å². The Kier molecular flexibility index (Phi) is 2.96. The first-order chi connectivity index (χ1) is 5.33. The predicted octanol–water partition coefficient (Wildman–Crippen LogP) is 0.440. The normalized spacial score (nSPS) is 34.5. The first-order valence-corrected chi connectivity index (χ1v) is 4.37. The van der Waals surface area contributed by atoms with Crippen LogP contribution >= 0.6 is 12.4 Å². The van der Waals surface area contributed by atoms with Gasteiger partial charge < -0.3 is 10.6 Å². The van der Waals surface area contributed by atoms with Gasteiger partial charge in [0, 0.05) is 6.54 Å². The van der Waals surface area contributed by atoms with Crippen molar-refractivity contribution < 1.29 is 4.79 Å². The minimum absolute atomic E-state index is 0. The summed E-state index contributed by atoms with van der Waals surface area (Å²) in [6, 6.07) is 0. The van der Waals surface area contributed by atoms with Crippen molar-refractivity contribution in [3.05, 3.63) is 0 Å². The third-order valence-electron chi connectivity index (χ3n) is 2.74. The molecule has 12 heavy (non-hydrogen) atoms. The first kappa shape index (κ1) is 9.81. The molecule has 1 atom stereocenters. The summed E-state index contributed by atoms with van der Waals surface area (Å²) in [5.74, 6) is 0.223. The number of hydrogen-bond acceptors (Lipinski definition) is 2. The van der Waals surface area contributed by atoms with Gasteiger partial charge in [-0.2, -0.15) is 0 Å². The van der Waals surface area contributed by atoms with Crippen LogP contribution in [0, 0.1) is 0 Å². The van der Waals surface area contributed by atoms with Crippen LogP contribution in [0.1, 0.15) is 25.7 Å². The fourth-order valence-corrected chi connectivity index (χ4v) is 2.09. The molecule has 0 aromatic carbocycles. The third kappa shape index (κ3) is 1.43. The number of carbonyl (C=O) groups is 1. The van der Waals surface area contributed by atoms with Gasteiger partial charge in [-0.05, 0) is 32.2 Å². The van der Waals surface area contributed by atoms with E-state index in [1.165, 1.54) is 0 Å². The van der Waals surface area contributed by atoms with Crippen molar-refractivity contribution in [1.82, 2.24) is 10.6 Å². The van der Waals surface area contributed by atoms with Gasteiger partial charge in [-0.3, -0.25) is 4.79 Å². The van der Waals surface area contributed by atoms with E-state index in [-0.39, 0.29) is 23.9 Å². The number of hydrogen-bond donors (Lipinski definition) is 2. The molecule has 2 fully saturated rings. The second-order valence-electron chi connectivity index (χ2n) is 3.47. The Morgan fingerprint density at radius 2 is 1.83 bits per heavy atom. The van der Waals surface area contributed by atoms with Crippen LogP contribution in [-0.4, -0.2) is 24.5 Å². The monoisotopic (exact) mass is 190 g/mol. The van der Waals surface area contributed by atoms with Gasteiger partial charge in [0.15, 0.2) is 0 Å². The van der Waals surface area contributed by atoms with Gasteiger partial charge in [-0.15, -0.1) is 12.4 Å². The van der Waals surface area contributed by atoms with Crippen molar-refractivity contribution in [1.29, 1.82) is 0 Å². The third-order valence-corrected chi connectivity index (χ3v) is 2.74. The van der Waals surface area contributed by atoms with Crippen LogP contribution in [0.4, 0.5) is 0 Å². The fraction of sp³-hybridized carbons (Fsp3) is 0.875. The smallest absolute Gasteiger partial charge is 0.240 e. The molecule has 2 N–H and O–H groups in total. The van der Waals surface area contributed by atoms with E-state index in [0.717, 1.165) is 38.8 Å². The van der Waals surface area contributed by atoms with Gasteiger partial charge in [0.1, 0.15) is 0 Å². The Bertz CT molecular complexity index is 178. The van der Waals surface area contributed by atoms with E-state index in [2.05, 4.69) is 10.6 Å². The van der Waals surface area contributed by atoms with Crippen molar-refractivity contribution >= 4 is 18.3 Å². The van der Waals surface area contributed by atoms with Gasteiger partial charge in [-0.1, -0.05) is 0 Å². The molecule has 1 spiro atoms. The van der Waals surface area contributed by atoms with E-state index in [1.807, 2.05) is 0 Å². The van der Waals surface area contributed by atoms with Crippen molar-refractivity contribution in [2.45, 2.75) is 31.2 Å². The number of amides is 1. The lowest BCUT2D eigenvalue weighted by Crippen LogP contribution is -2.56. The molecule has 0 radical (unpaired) electrons. The zero-order valence-corrected chi connectivity index (χ0v) is 7.88. The predicted molar refractivity (Wildman–Crippen MR) is 49.5 cm³/mol. The molecule has 2 aliphatic rings. The summed E-state index contributed by atoms with van der Waals surface area (Å²) in [5.41, 5.74) is -0.168. The summed E-state index contributed by atoms with van der Waals surface area (Å²) in [4.78, 5) is 11.4. The molecule has 3 nitrogen and oxygen atoms in total. The molecule has 4 heteroatoms. The van der Waals surface area contributed by atoms with Crippen molar-refractivity contribution in [3.63, 3.8) is 0 Å². The molecule has 2 heterocycles. The number of rotatable bonds is 0. The van der Waals surface area contributed by atoms with Crippen LogP contribution in [0.15, 0.2) is 0 Å². The average Bonchev–Trinajstić information content (AvgIpc) is 2.46. The molecule has 2 rings (SSSR count). The Morgan fingerprint density at radius 1 is 1.17 bits per heavy atom. The van der Waals surface area contributed by atoms with Crippen molar-refractivity contribution in [3.8, 4) is 0 Å². The highest BCUT2D eigenvalue weighted by Crippen LogP contribution is 2.26. The van der Waals surface area contributed by atoms with Crippen molar-refractivity contribution in [2.24, 2.45) is 0 Å². The summed E-state index contributed by atoms with van der Waals surface area (Å²) in [5, 5.41) is 6.22. The van der Waals surface area contributed by atoms with Crippen molar-refractivity contribution in [2.75, 3.05) is 13.1 Å². The maximum absolute atomic E-state index is 11.4. The van der Waals surface area contributed by atoms with Gasteiger partial charge >= 0.3 is 0 Å². The standard InChI is InChI=1S/C8H14N2O.ClH/c11-7-8(3-1-5-9-7)4-2-6-10-8;/h10H,1-6H2,(H,9,11);1H. The fourth-order valence-electron chi connectivity index (χ4n) is 2.09.